The zero-order valence-electron chi connectivity index (χ0n) is 54.9. The van der Waals surface area contributed by atoms with Crippen LogP contribution < -0.4 is 5.46 Å². The molecule has 0 N–H and O–H groups in total. The fourth-order valence-corrected chi connectivity index (χ4v) is 15.6. The first-order valence-corrected chi connectivity index (χ1v) is 32.9. The van der Waals surface area contributed by atoms with Crippen LogP contribution in [-0.4, -0.2) is 54.7 Å². The fraction of sp³-hybridized carbons (Fsp3) is 0.300. The molecule has 5 aliphatic rings. The van der Waals surface area contributed by atoms with Crippen molar-refractivity contribution in [2.45, 2.75) is 155 Å². The number of hydrogen-bond donors (Lipinski definition) is 0. The Morgan fingerprint density at radius 3 is 0.978 bits per heavy atom. The first kappa shape index (κ1) is 59.5. The van der Waals surface area contributed by atoms with Gasteiger partial charge in [0, 0.05) is 15.3 Å². The van der Waals surface area contributed by atoms with Crippen LogP contribution in [0.1, 0.15) is 133 Å². The molecule has 450 valence electrons. The summed E-state index contributed by atoms with van der Waals surface area (Å²) in [4.78, 5) is 0. The van der Waals surface area contributed by atoms with Gasteiger partial charge in [-0.2, -0.15) is 0 Å². The molecule has 2 aliphatic carbocycles. The number of rotatable bonds is 2. The van der Waals surface area contributed by atoms with Crippen LogP contribution in [-0.2, 0) is 38.8 Å². The second-order valence-corrected chi connectivity index (χ2v) is 30.9. The van der Waals surface area contributed by atoms with Gasteiger partial charge in [0.1, 0.15) is 0 Å². The van der Waals surface area contributed by atoms with E-state index in [0.717, 1.165) is 9.94 Å². The lowest BCUT2D eigenvalue weighted by atomic mass is 9.49. The van der Waals surface area contributed by atoms with Gasteiger partial charge >= 0.3 is 21.1 Å². The molecule has 0 atom stereocenters. The Morgan fingerprint density at radius 1 is 0.278 bits per heavy atom. The molecule has 0 spiro atoms. The second-order valence-electron chi connectivity index (χ2n) is 30.0. The van der Waals surface area contributed by atoms with E-state index in [-0.39, 0.29) is 51.6 Å². The lowest BCUT2D eigenvalue weighted by molar-refractivity contribution is 0.00578. The number of fused-ring (bicyclic) bond motifs is 22. The van der Waals surface area contributed by atoms with Crippen LogP contribution in [0.5, 0.6) is 0 Å². The van der Waals surface area contributed by atoms with Crippen LogP contribution in [0.25, 0.3) is 108 Å². The van der Waals surface area contributed by atoms with Crippen molar-refractivity contribution in [3.63, 3.8) is 0 Å². The second kappa shape index (κ2) is 20.1. The molecule has 0 aromatic heterocycles. The zero-order valence-corrected chi connectivity index (χ0v) is 56.5. The summed E-state index contributed by atoms with van der Waals surface area (Å²) < 4.78 is 37.9. The van der Waals surface area contributed by atoms with E-state index >= 15 is 0 Å². The third-order valence-corrected chi connectivity index (χ3v) is 22.7. The molecule has 3 aliphatic heterocycles. The molecular formula is C80H78B3BrO6. The van der Waals surface area contributed by atoms with Crippen molar-refractivity contribution in [3.8, 4) is 22.3 Å². The minimum absolute atomic E-state index is 0.0574. The summed E-state index contributed by atoms with van der Waals surface area (Å²) in [5, 5.41) is 21.2. The zero-order chi connectivity index (χ0) is 63.2. The highest BCUT2D eigenvalue weighted by molar-refractivity contribution is 9.10. The molecule has 12 aromatic rings. The van der Waals surface area contributed by atoms with Crippen LogP contribution in [0.2, 0.25) is 0 Å². The molecule has 0 amide bonds. The maximum atomic E-state index is 6.44. The summed E-state index contributed by atoms with van der Waals surface area (Å²) in [5.41, 5.74) is 9.66. The Balaban J connectivity index is 0.000000121. The quantitative estimate of drug-likeness (QED) is 0.0977. The van der Waals surface area contributed by atoms with Crippen LogP contribution in [0, 0.1) is 0 Å². The van der Waals surface area contributed by atoms with E-state index in [2.05, 4.69) is 253 Å². The predicted molar refractivity (Wildman–Crippen MR) is 384 cm³/mol. The van der Waals surface area contributed by atoms with Crippen molar-refractivity contribution in [2.75, 3.05) is 0 Å². The van der Waals surface area contributed by atoms with Gasteiger partial charge in [-0.25, -0.2) is 0 Å². The van der Waals surface area contributed by atoms with Gasteiger partial charge in [0.05, 0.1) is 33.6 Å². The van der Waals surface area contributed by atoms with E-state index < -0.39 is 14.0 Å². The monoisotopic (exact) mass is 1250 g/mol. The molecule has 90 heavy (non-hydrogen) atoms. The van der Waals surface area contributed by atoms with E-state index in [4.69, 9.17) is 27.9 Å². The highest BCUT2D eigenvalue weighted by Crippen LogP contribution is 2.56. The molecule has 0 saturated carbocycles. The molecular weight excluding hydrogens is 1170 g/mol. The SMILES string of the molecule is CC1(C)OB(B2OC(C)(C)C(C)(C)O2)OC1(C)C.CC1(C)c2ccc(B3OC(C)(C)C(C)(C)O3)cc2-c2ccc3c4cc5ccccc5cc4c4ccccc4c3c21.CC1(C)c2ccc(Br)cc2-c2ccc3c4cc5ccccc5cc4c4ccccc4c3c21. The van der Waals surface area contributed by atoms with Gasteiger partial charge in [-0.15, -0.1) is 0 Å². The summed E-state index contributed by atoms with van der Waals surface area (Å²) in [7, 11) is -1.33. The molecule has 10 heteroatoms. The smallest absolute Gasteiger partial charge is 0.405 e. The van der Waals surface area contributed by atoms with E-state index in [9.17, 15) is 0 Å². The van der Waals surface area contributed by atoms with Gasteiger partial charge in [-0.05, 0) is 256 Å². The minimum atomic E-state index is -0.476. The molecule has 3 saturated heterocycles. The van der Waals surface area contributed by atoms with Crippen molar-refractivity contribution in [3.05, 3.63) is 209 Å². The maximum Gasteiger partial charge on any atom is 0.494 e. The first-order valence-electron chi connectivity index (χ1n) is 32.1. The van der Waals surface area contributed by atoms with Crippen molar-refractivity contribution in [2.24, 2.45) is 0 Å². The van der Waals surface area contributed by atoms with Crippen LogP contribution in [0.3, 0.4) is 0 Å². The average molecular weight is 1250 g/mol. The normalized spacial score (nSPS) is 19.8. The molecule has 17 rings (SSSR count). The molecule has 3 heterocycles. The van der Waals surface area contributed by atoms with E-state index in [1.165, 1.54) is 131 Å². The van der Waals surface area contributed by atoms with E-state index in [1.807, 2.05) is 55.4 Å². The number of hydrogen-bond acceptors (Lipinski definition) is 6. The van der Waals surface area contributed by atoms with Crippen LogP contribution in [0.4, 0.5) is 0 Å². The predicted octanol–water partition coefficient (Wildman–Crippen LogP) is 20.5. The Bertz CT molecular complexity index is 4960. The van der Waals surface area contributed by atoms with Crippen LogP contribution >= 0.6 is 15.9 Å². The highest BCUT2D eigenvalue weighted by Gasteiger charge is 2.64. The summed E-state index contributed by atoms with van der Waals surface area (Å²) in [6.07, 6.45) is 0. The Morgan fingerprint density at radius 2 is 0.589 bits per heavy atom. The fourth-order valence-electron chi connectivity index (χ4n) is 15.2. The lowest BCUT2D eigenvalue weighted by Gasteiger charge is -2.32. The topological polar surface area (TPSA) is 55.4 Å². The van der Waals surface area contributed by atoms with E-state index in [0.29, 0.717) is 0 Å². The van der Waals surface area contributed by atoms with Crippen molar-refractivity contribution in [1.82, 2.24) is 0 Å². The molecule has 0 unspecified atom stereocenters. The van der Waals surface area contributed by atoms with Crippen LogP contribution in [0.15, 0.2) is 186 Å². The van der Waals surface area contributed by atoms with Crippen molar-refractivity contribution >= 4 is 129 Å². The van der Waals surface area contributed by atoms with Gasteiger partial charge in [-0.1, -0.05) is 189 Å². The standard InChI is InChI=1S/C37H33BO2.C31H21Br.C12H24B2O4/c1-35(2)32-18-15-24(38-39-36(3,4)37(5,6)40-38)21-31(32)28-17-16-27-30-20-23-12-8-7-11-22(23)19-29(30)25-13-9-10-14-26(25)33(27)34(28)35;1-31(2)28-14-11-20(32)17-27(28)24-13-12-23-26-16-19-8-4-3-7-18(19)15-25(26)21-9-5-6-10-22(21)29(23)30(24)31;1-9(2)10(3,4)16-13(15-9)14-17-11(5,6)12(7,8)18-14/h7-21H,1-6H3;3-17H,1-2H3;1-8H3. The Hall–Kier alpha value is -6.85. The summed E-state index contributed by atoms with van der Waals surface area (Å²) in [6.45, 7) is 34.2. The van der Waals surface area contributed by atoms with Gasteiger partial charge in [0.2, 0.25) is 0 Å². The van der Waals surface area contributed by atoms with E-state index in [1.54, 1.807) is 0 Å². The largest absolute Gasteiger partial charge is 0.494 e. The third-order valence-electron chi connectivity index (χ3n) is 22.2. The number of halogens is 1. The third kappa shape index (κ3) is 8.89. The Labute approximate surface area is 539 Å². The Kier molecular flexibility index (Phi) is 13.3. The molecule has 3 fully saturated rings. The number of benzene rings is 12. The molecule has 12 aromatic carbocycles. The molecule has 0 radical (unpaired) electrons. The molecule has 6 nitrogen and oxygen atoms in total. The summed E-state index contributed by atoms with van der Waals surface area (Å²) in [5.74, 6) is 0. The summed E-state index contributed by atoms with van der Waals surface area (Å²) in [6, 6.07) is 67.8. The summed E-state index contributed by atoms with van der Waals surface area (Å²) >= 11 is 3.70. The lowest BCUT2D eigenvalue weighted by Crippen LogP contribution is -2.41. The highest BCUT2D eigenvalue weighted by atomic mass is 79.9. The van der Waals surface area contributed by atoms with Crippen molar-refractivity contribution < 1.29 is 27.9 Å². The minimum Gasteiger partial charge on any atom is -0.405 e. The average Bonchev–Trinajstić information content (AvgIpc) is 1.44. The van der Waals surface area contributed by atoms with Crippen molar-refractivity contribution in [1.29, 1.82) is 0 Å². The van der Waals surface area contributed by atoms with Gasteiger partial charge < -0.3 is 27.9 Å². The van der Waals surface area contributed by atoms with Gasteiger partial charge in [0.25, 0.3) is 0 Å². The van der Waals surface area contributed by atoms with Gasteiger partial charge in [-0.3, -0.25) is 0 Å². The first-order chi connectivity index (χ1) is 42.5. The van der Waals surface area contributed by atoms with Gasteiger partial charge in [0.15, 0.2) is 0 Å². The molecule has 0 bridgehead atoms. The maximum absolute atomic E-state index is 6.44.